The van der Waals surface area contributed by atoms with Gasteiger partial charge < -0.3 is 10.6 Å². The van der Waals surface area contributed by atoms with Gasteiger partial charge in [0.1, 0.15) is 6.04 Å². The molecule has 206 valence electrons. The monoisotopic (exact) mass is 543 g/mol. The Balaban J connectivity index is 1.17. The highest BCUT2D eigenvalue weighted by Gasteiger charge is 2.25. The minimum absolute atomic E-state index is 0.290. The molecular formula is C34H33N5O2. The molecule has 2 aromatic heterocycles. The Kier molecular flexibility index (Phi) is 7.58. The maximum Gasteiger partial charge on any atom is 0.251 e. The first-order chi connectivity index (χ1) is 20.1. The highest BCUT2D eigenvalue weighted by Crippen LogP contribution is 2.38. The zero-order valence-electron chi connectivity index (χ0n) is 23.1. The lowest BCUT2D eigenvalue weighted by Gasteiger charge is -2.23. The largest absolute Gasteiger partial charge is 0.341 e. The molecular weight excluding hydrogens is 510 g/mol. The van der Waals surface area contributed by atoms with E-state index in [-0.39, 0.29) is 11.8 Å². The molecule has 0 bridgehead atoms. The van der Waals surface area contributed by atoms with Crippen molar-refractivity contribution in [3.63, 3.8) is 0 Å². The predicted octanol–water partition coefficient (Wildman–Crippen LogP) is 6.89. The number of fused-ring (bicyclic) bond motifs is 1. The van der Waals surface area contributed by atoms with Crippen LogP contribution < -0.4 is 10.6 Å². The van der Waals surface area contributed by atoms with Crippen molar-refractivity contribution in [3.8, 4) is 16.8 Å². The van der Waals surface area contributed by atoms with Crippen LogP contribution in [0.5, 0.6) is 0 Å². The van der Waals surface area contributed by atoms with Crippen molar-refractivity contribution in [2.45, 2.75) is 51.0 Å². The van der Waals surface area contributed by atoms with Crippen LogP contribution in [0, 0.1) is 0 Å². The number of hydrogen-bond donors (Lipinski definition) is 2. The molecule has 6 rings (SSSR count). The molecule has 2 heterocycles. The van der Waals surface area contributed by atoms with Crippen LogP contribution in [-0.2, 0) is 4.79 Å². The highest BCUT2D eigenvalue weighted by atomic mass is 16.2. The second kappa shape index (κ2) is 11.8. The summed E-state index contributed by atoms with van der Waals surface area (Å²) in [5.41, 5.74) is 6.18. The molecule has 0 spiro atoms. The summed E-state index contributed by atoms with van der Waals surface area (Å²) in [6, 6.07) is 26.6. The number of nitrogens with zero attached hydrogens (tertiary/aromatic N) is 3. The molecule has 0 saturated heterocycles. The molecule has 1 aliphatic carbocycles. The summed E-state index contributed by atoms with van der Waals surface area (Å²) in [6.45, 7) is 1.68. The molecule has 0 unspecified atom stereocenters. The molecule has 0 radical (unpaired) electrons. The van der Waals surface area contributed by atoms with E-state index in [1.165, 1.54) is 25.0 Å². The molecule has 1 saturated carbocycles. The van der Waals surface area contributed by atoms with Gasteiger partial charge in [0.15, 0.2) is 0 Å². The maximum atomic E-state index is 13.2. The minimum Gasteiger partial charge on any atom is -0.341 e. The van der Waals surface area contributed by atoms with Crippen molar-refractivity contribution in [3.05, 3.63) is 109 Å². The number of aromatic nitrogens is 3. The number of carbonyl (C=O) groups is 2. The summed E-state index contributed by atoms with van der Waals surface area (Å²) in [4.78, 5) is 30.2. The van der Waals surface area contributed by atoms with Crippen LogP contribution in [0.25, 0.3) is 27.7 Å². The van der Waals surface area contributed by atoms with Crippen molar-refractivity contribution in [2.75, 3.05) is 5.32 Å². The molecule has 1 fully saturated rings. The molecule has 7 heteroatoms. The second-order valence-electron chi connectivity index (χ2n) is 10.7. The van der Waals surface area contributed by atoms with Gasteiger partial charge in [-0.25, -0.2) is 4.68 Å². The standard InChI is InChI=1S/C34H33N5O2/c1-23(33(40)37-28-17-14-24(15-18-28)27-11-8-20-35-22-27)36-34(41)26-16-19-30-31(21-26)38-39(29-12-6-3-7-13-29)32(30)25-9-4-2-5-10-25/h3,6-8,11-23,25H,2,4-5,9-10H2,1H3,(H,36,41)(H,37,40)/t23-/m1/s1. The molecule has 5 aromatic rings. The van der Waals surface area contributed by atoms with Crippen molar-refractivity contribution in [1.82, 2.24) is 20.1 Å². The van der Waals surface area contributed by atoms with Crippen molar-refractivity contribution in [1.29, 1.82) is 0 Å². The van der Waals surface area contributed by atoms with Crippen LogP contribution in [0.1, 0.15) is 61.0 Å². The van der Waals surface area contributed by atoms with E-state index in [2.05, 4.69) is 32.4 Å². The molecule has 0 aliphatic heterocycles. The molecule has 3 aromatic carbocycles. The number of para-hydroxylation sites is 1. The fourth-order valence-corrected chi connectivity index (χ4v) is 5.66. The smallest absolute Gasteiger partial charge is 0.251 e. The number of carbonyl (C=O) groups excluding carboxylic acids is 2. The first-order valence-corrected chi connectivity index (χ1v) is 14.3. The van der Waals surface area contributed by atoms with E-state index in [0.717, 1.165) is 40.6 Å². The Bertz CT molecular complexity index is 1660. The summed E-state index contributed by atoms with van der Waals surface area (Å²) < 4.78 is 2.05. The number of rotatable bonds is 7. The van der Waals surface area contributed by atoms with Gasteiger partial charge in [-0.1, -0.05) is 61.7 Å². The van der Waals surface area contributed by atoms with Crippen LogP contribution in [-0.4, -0.2) is 32.6 Å². The van der Waals surface area contributed by atoms with Gasteiger partial charge in [-0.15, -0.1) is 0 Å². The molecule has 1 atom stereocenters. The Labute approximate surface area is 239 Å². The number of hydrogen-bond acceptors (Lipinski definition) is 4. The lowest BCUT2D eigenvalue weighted by atomic mass is 9.85. The molecule has 2 N–H and O–H groups in total. The Morgan fingerprint density at radius 3 is 2.39 bits per heavy atom. The summed E-state index contributed by atoms with van der Waals surface area (Å²) in [6.07, 6.45) is 9.55. The molecule has 1 aliphatic rings. The van der Waals surface area contributed by atoms with E-state index in [1.54, 1.807) is 19.3 Å². The molecule has 2 amide bonds. The summed E-state index contributed by atoms with van der Waals surface area (Å²) in [5.74, 6) is -0.160. The fourth-order valence-electron chi connectivity index (χ4n) is 5.66. The second-order valence-corrected chi connectivity index (χ2v) is 10.7. The number of amides is 2. The topological polar surface area (TPSA) is 88.9 Å². The average molecular weight is 544 g/mol. The first-order valence-electron chi connectivity index (χ1n) is 14.3. The van der Waals surface area contributed by atoms with Crippen molar-refractivity contribution in [2.24, 2.45) is 0 Å². The quantitative estimate of drug-likeness (QED) is 0.234. The summed E-state index contributed by atoms with van der Waals surface area (Å²) >= 11 is 0. The minimum atomic E-state index is -0.726. The predicted molar refractivity (Wildman–Crippen MR) is 162 cm³/mol. The van der Waals surface area contributed by atoms with Crippen molar-refractivity contribution >= 4 is 28.4 Å². The van der Waals surface area contributed by atoms with Crippen LogP contribution >= 0.6 is 0 Å². The van der Waals surface area contributed by atoms with Gasteiger partial charge in [-0.2, -0.15) is 5.10 Å². The molecule has 7 nitrogen and oxygen atoms in total. The van der Waals surface area contributed by atoms with Gasteiger partial charge in [0.25, 0.3) is 5.91 Å². The number of anilines is 1. The summed E-state index contributed by atoms with van der Waals surface area (Å²) in [7, 11) is 0. The Morgan fingerprint density at radius 1 is 0.878 bits per heavy atom. The lowest BCUT2D eigenvalue weighted by molar-refractivity contribution is -0.117. The third-order valence-electron chi connectivity index (χ3n) is 7.85. The first kappa shape index (κ1) is 26.4. The van der Waals surface area contributed by atoms with Gasteiger partial charge in [-0.05, 0) is 73.4 Å². The fraction of sp³-hybridized carbons (Fsp3) is 0.235. The van der Waals surface area contributed by atoms with Crippen LogP contribution in [0.2, 0.25) is 0 Å². The van der Waals surface area contributed by atoms with Crippen LogP contribution in [0.15, 0.2) is 97.3 Å². The van der Waals surface area contributed by atoms with Crippen molar-refractivity contribution < 1.29 is 9.59 Å². The maximum absolute atomic E-state index is 13.2. The SMILES string of the molecule is C[C@@H](NC(=O)c1ccc2c(C3CCCCC3)n(-c3ccccc3)nc2c1)C(=O)Nc1ccc(-c2cccnc2)cc1. The Hall–Kier alpha value is -4.78. The van der Waals surface area contributed by atoms with Gasteiger partial charge in [-0.3, -0.25) is 14.6 Å². The Morgan fingerprint density at radius 2 is 1.66 bits per heavy atom. The van der Waals surface area contributed by atoms with E-state index in [1.807, 2.05) is 72.8 Å². The lowest BCUT2D eigenvalue weighted by Crippen LogP contribution is -2.41. The number of nitrogens with one attached hydrogen (secondary N) is 2. The van der Waals surface area contributed by atoms with E-state index in [4.69, 9.17) is 5.10 Å². The third-order valence-corrected chi connectivity index (χ3v) is 7.85. The van der Waals surface area contributed by atoms with E-state index < -0.39 is 6.04 Å². The van der Waals surface area contributed by atoms with Crippen LogP contribution in [0.4, 0.5) is 5.69 Å². The highest BCUT2D eigenvalue weighted by molar-refractivity contribution is 6.02. The summed E-state index contributed by atoms with van der Waals surface area (Å²) in [5, 5.41) is 11.8. The van der Waals surface area contributed by atoms with Gasteiger partial charge in [0.2, 0.25) is 5.91 Å². The van der Waals surface area contributed by atoms with E-state index in [0.29, 0.717) is 17.2 Å². The number of pyridine rings is 1. The van der Waals surface area contributed by atoms with Crippen LogP contribution in [0.3, 0.4) is 0 Å². The van der Waals surface area contributed by atoms with Gasteiger partial charge in [0.05, 0.1) is 16.9 Å². The zero-order chi connectivity index (χ0) is 28.2. The third kappa shape index (κ3) is 5.75. The van der Waals surface area contributed by atoms with Gasteiger partial charge >= 0.3 is 0 Å². The molecule has 41 heavy (non-hydrogen) atoms. The average Bonchev–Trinajstić information content (AvgIpc) is 3.41. The van der Waals surface area contributed by atoms with Gasteiger partial charge in [0, 0.05) is 34.9 Å². The van der Waals surface area contributed by atoms with E-state index >= 15 is 0 Å². The number of benzene rings is 3. The normalized spacial score (nSPS) is 14.5. The zero-order valence-corrected chi connectivity index (χ0v) is 23.1. The van der Waals surface area contributed by atoms with E-state index in [9.17, 15) is 9.59 Å².